The Bertz CT molecular complexity index is 1040. The number of hydrogen-bond acceptors (Lipinski definition) is 5. The molecule has 2 aromatic rings. The van der Waals surface area contributed by atoms with Gasteiger partial charge in [-0.3, -0.25) is 4.79 Å². The summed E-state index contributed by atoms with van der Waals surface area (Å²) in [6.07, 6.45) is 2.64. The van der Waals surface area contributed by atoms with Gasteiger partial charge < -0.3 is 14.8 Å². The van der Waals surface area contributed by atoms with Crippen LogP contribution in [0, 0.1) is 0 Å². The summed E-state index contributed by atoms with van der Waals surface area (Å²) in [6.45, 7) is 5.60. The molecule has 0 aromatic heterocycles. The molecule has 1 aliphatic heterocycles. The highest BCUT2D eigenvalue weighted by molar-refractivity contribution is 7.89. The number of nitrogens with zero attached hydrogens (tertiary/aromatic N) is 1. The SMILES string of the molecule is CCOc1ccc(NC(=O)c2ccc(Cl)c(S(=O)(=O)N3CCCCC3)c2)cc1OCC. The number of sulfonamides is 1. The number of ether oxygens (including phenoxy) is 2. The molecule has 0 saturated carbocycles. The van der Waals surface area contributed by atoms with Crippen molar-refractivity contribution in [3.63, 3.8) is 0 Å². The zero-order valence-electron chi connectivity index (χ0n) is 17.7. The van der Waals surface area contributed by atoms with Gasteiger partial charge in [-0.05, 0) is 57.0 Å². The Labute approximate surface area is 188 Å². The smallest absolute Gasteiger partial charge is 0.255 e. The Balaban J connectivity index is 1.84. The van der Waals surface area contributed by atoms with Crippen molar-refractivity contribution in [1.82, 2.24) is 4.31 Å². The highest BCUT2D eigenvalue weighted by atomic mass is 35.5. The quantitative estimate of drug-likeness (QED) is 0.616. The average molecular weight is 467 g/mol. The summed E-state index contributed by atoms with van der Waals surface area (Å²) in [6, 6.07) is 9.38. The van der Waals surface area contributed by atoms with Crippen LogP contribution in [0.15, 0.2) is 41.3 Å². The van der Waals surface area contributed by atoms with Gasteiger partial charge in [-0.15, -0.1) is 0 Å². The maximum absolute atomic E-state index is 13.0. The first kappa shape index (κ1) is 23.4. The van der Waals surface area contributed by atoms with Gasteiger partial charge in [0.05, 0.1) is 18.2 Å². The van der Waals surface area contributed by atoms with Crippen molar-refractivity contribution in [2.45, 2.75) is 38.0 Å². The Morgan fingerprint density at radius 1 is 1.00 bits per heavy atom. The summed E-state index contributed by atoms with van der Waals surface area (Å²) >= 11 is 6.20. The van der Waals surface area contributed by atoms with Crippen LogP contribution in [0.3, 0.4) is 0 Å². The molecule has 1 saturated heterocycles. The summed E-state index contributed by atoms with van der Waals surface area (Å²) in [5, 5.41) is 2.88. The minimum atomic E-state index is -3.76. The van der Waals surface area contributed by atoms with Crippen LogP contribution in [0.2, 0.25) is 5.02 Å². The van der Waals surface area contributed by atoms with Gasteiger partial charge in [-0.2, -0.15) is 4.31 Å². The van der Waals surface area contributed by atoms with Gasteiger partial charge >= 0.3 is 0 Å². The largest absolute Gasteiger partial charge is 0.490 e. The molecule has 1 heterocycles. The van der Waals surface area contributed by atoms with Crippen molar-refractivity contribution in [3.05, 3.63) is 47.0 Å². The molecule has 31 heavy (non-hydrogen) atoms. The molecule has 9 heteroatoms. The second kappa shape index (κ2) is 10.3. The number of carbonyl (C=O) groups excluding carboxylic acids is 1. The topological polar surface area (TPSA) is 84.9 Å². The van der Waals surface area contributed by atoms with Crippen LogP contribution in [-0.4, -0.2) is 44.9 Å². The van der Waals surface area contributed by atoms with Crippen LogP contribution >= 0.6 is 11.6 Å². The fraction of sp³-hybridized carbons (Fsp3) is 0.409. The predicted octanol–water partition coefficient (Wildman–Crippen LogP) is 4.56. The van der Waals surface area contributed by atoms with E-state index in [0.29, 0.717) is 43.5 Å². The number of nitrogens with one attached hydrogen (secondary N) is 1. The van der Waals surface area contributed by atoms with E-state index in [2.05, 4.69) is 5.32 Å². The van der Waals surface area contributed by atoms with E-state index in [1.165, 1.54) is 22.5 Å². The number of hydrogen-bond donors (Lipinski definition) is 1. The molecule has 7 nitrogen and oxygen atoms in total. The van der Waals surface area contributed by atoms with Gasteiger partial charge in [0.2, 0.25) is 10.0 Å². The summed E-state index contributed by atoms with van der Waals surface area (Å²) in [7, 11) is -3.76. The average Bonchev–Trinajstić information content (AvgIpc) is 2.76. The first-order chi connectivity index (χ1) is 14.9. The van der Waals surface area contributed by atoms with E-state index >= 15 is 0 Å². The maximum Gasteiger partial charge on any atom is 0.255 e. The standard InChI is InChI=1S/C22H27ClN2O5S/c1-3-29-19-11-9-17(15-20(19)30-4-2)24-22(26)16-8-10-18(23)21(14-16)31(27,28)25-12-6-5-7-13-25/h8-11,14-15H,3-7,12-13H2,1-2H3,(H,24,26). The fourth-order valence-electron chi connectivity index (χ4n) is 3.42. The molecule has 2 aromatic carbocycles. The number of amides is 1. The summed E-state index contributed by atoms with van der Waals surface area (Å²) in [5.74, 6) is 0.661. The molecule has 1 aliphatic rings. The molecular weight excluding hydrogens is 440 g/mol. The second-order valence-electron chi connectivity index (χ2n) is 7.09. The minimum absolute atomic E-state index is 0.0505. The third-order valence-corrected chi connectivity index (χ3v) is 7.31. The molecule has 168 valence electrons. The molecule has 0 radical (unpaired) electrons. The van der Waals surface area contributed by atoms with E-state index in [0.717, 1.165) is 19.3 Å². The predicted molar refractivity (Wildman–Crippen MR) is 121 cm³/mol. The number of piperidine rings is 1. The Hall–Kier alpha value is -2.29. The summed E-state index contributed by atoms with van der Waals surface area (Å²) in [4.78, 5) is 12.8. The fourth-order valence-corrected chi connectivity index (χ4v) is 5.44. The van der Waals surface area contributed by atoms with E-state index < -0.39 is 15.9 Å². The van der Waals surface area contributed by atoms with Crippen molar-refractivity contribution >= 4 is 33.2 Å². The molecule has 3 rings (SSSR count). The van der Waals surface area contributed by atoms with Gasteiger partial charge in [0.25, 0.3) is 5.91 Å². The lowest BCUT2D eigenvalue weighted by molar-refractivity contribution is 0.102. The Morgan fingerprint density at radius 3 is 2.35 bits per heavy atom. The number of anilines is 1. The molecule has 0 unspecified atom stereocenters. The van der Waals surface area contributed by atoms with Crippen molar-refractivity contribution in [3.8, 4) is 11.5 Å². The zero-order valence-corrected chi connectivity index (χ0v) is 19.3. The van der Waals surface area contributed by atoms with Crippen molar-refractivity contribution in [2.75, 3.05) is 31.6 Å². The van der Waals surface area contributed by atoms with Gasteiger partial charge in [-0.1, -0.05) is 18.0 Å². The molecule has 1 N–H and O–H groups in total. The minimum Gasteiger partial charge on any atom is -0.490 e. The van der Waals surface area contributed by atoms with Crippen LogP contribution in [0.4, 0.5) is 5.69 Å². The molecule has 1 fully saturated rings. The van der Waals surface area contributed by atoms with Crippen LogP contribution in [-0.2, 0) is 10.0 Å². The van der Waals surface area contributed by atoms with Gasteiger partial charge in [0.15, 0.2) is 11.5 Å². The molecule has 0 spiro atoms. The number of carbonyl (C=O) groups is 1. The third-order valence-electron chi connectivity index (χ3n) is 4.93. The lowest BCUT2D eigenvalue weighted by Gasteiger charge is -2.26. The summed E-state index contributed by atoms with van der Waals surface area (Å²) in [5.41, 5.74) is 0.708. The number of benzene rings is 2. The van der Waals surface area contributed by atoms with E-state index in [4.69, 9.17) is 21.1 Å². The lowest BCUT2D eigenvalue weighted by atomic mass is 10.2. The zero-order chi connectivity index (χ0) is 22.4. The van der Waals surface area contributed by atoms with Gasteiger partial charge in [0, 0.05) is 30.4 Å². The van der Waals surface area contributed by atoms with Crippen molar-refractivity contribution < 1.29 is 22.7 Å². The highest BCUT2D eigenvalue weighted by Gasteiger charge is 2.28. The highest BCUT2D eigenvalue weighted by Crippen LogP contribution is 2.32. The lowest BCUT2D eigenvalue weighted by Crippen LogP contribution is -2.35. The van der Waals surface area contributed by atoms with E-state index in [9.17, 15) is 13.2 Å². The van der Waals surface area contributed by atoms with Crippen LogP contribution < -0.4 is 14.8 Å². The van der Waals surface area contributed by atoms with Crippen molar-refractivity contribution in [2.24, 2.45) is 0 Å². The third kappa shape index (κ3) is 5.50. The van der Waals surface area contributed by atoms with Gasteiger partial charge in [0.1, 0.15) is 4.90 Å². The van der Waals surface area contributed by atoms with E-state index in [1.54, 1.807) is 18.2 Å². The molecule has 0 aliphatic carbocycles. The van der Waals surface area contributed by atoms with Crippen LogP contribution in [0.25, 0.3) is 0 Å². The second-order valence-corrected chi connectivity index (χ2v) is 9.41. The van der Waals surface area contributed by atoms with Crippen molar-refractivity contribution in [1.29, 1.82) is 0 Å². The molecule has 1 amide bonds. The maximum atomic E-state index is 13.0. The monoisotopic (exact) mass is 466 g/mol. The van der Waals surface area contributed by atoms with Gasteiger partial charge in [-0.25, -0.2) is 8.42 Å². The molecule has 0 atom stereocenters. The Kier molecular flexibility index (Phi) is 7.80. The first-order valence-electron chi connectivity index (χ1n) is 10.4. The molecular formula is C22H27ClN2O5S. The van der Waals surface area contributed by atoms with E-state index in [1.807, 2.05) is 13.8 Å². The number of rotatable bonds is 8. The molecule has 0 bridgehead atoms. The van der Waals surface area contributed by atoms with Crippen LogP contribution in [0.1, 0.15) is 43.5 Å². The van der Waals surface area contributed by atoms with E-state index in [-0.39, 0.29) is 15.5 Å². The number of halogens is 1. The summed E-state index contributed by atoms with van der Waals surface area (Å²) < 4.78 is 38.6. The Morgan fingerprint density at radius 2 is 1.68 bits per heavy atom. The van der Waals surface area contributed by atoms with Crippen LogP contribution in [0.5, 0.6) is 11.5 Å². The first-order valence-corrected chi connectivity index (χ1v) is 12.2. The normalized spacial score (nSPS) is 14.8.